The highest BCUT2D eigenvalue weighted by atomic mass is 32.2. The van der Waals surface area contributed by atoms with Gasteiger partial charge in [-0.05, 0) is 55.7 Å². The minimum atomic E-state index is -4.12. The molecule has 7 nitrogen and oxygen atoms in total. The Morgan fingerprint density at radius 1 is 0.762 bits per heavy atom. The lowest BCUT2D eigenvalue weighted by atomic mass is 10.0. The summed E-state index contributed by atoms with van der Waals surface area (Å²) in [5.41, 5.74) is 4.89. The van der Waals surface area contributed by atoms with Gasteiger partial charge in [0.15, 0.2) is 0 Å². The minimum Gasteiger partial charge on any atom is -0.357 e. The number of nitrogens with zero attached hydrogens (tertiary/aromatic N) is 2. The normalized spacial score (nSPS) is 11.9. The van der Waals surface area contributed by atoms with Crippen LogP contribution in [0.2, 0.25) is 0 Å². The van der Waals surface area contributed by atoms with Crippen LogP contribution in [-0.4, -0.2) is 44.8 Å². The molecule has 0 radical (unpaired) electrons. The first-order chi connectivity index (χ1) is 20.1. The molecule has 0 spiro atoms. The number of carbonyl (C=O) groups excluding carboxylic acids is 2. The zero-order valence-corrected chi connectivity index (χ0v) is 25.3. The van der Waals surface area contributed by atoms with Crippen LogP contribution in [0.1, 0.15) is 27.8 Å². The van der Waals surface area contributed by atoms with Gasteiger partial charge in [0.1, 0.15) is 12.6 Å². The summed E-state index contributed by atoms with van der Waals surface area (Å²) in [6.45, 7) is 5.39. The van der Waals surface area contributed by atoms with E-state index < -0.39 is 28.5 Å². The van der Waals surface area contributed by atoms with E-state index in [9.17, 15) is 18.0 Å². The third-order valence-corrected chi connectivity index (χ3v) is 9.00. The third kappa shape index (κ3) is 7.25. The molecule has 218 valence electrons. The number of nitrogens with one attached hydrogen (secondary N) is 1. The Kier molecular flexibility index (Phi) is 9.80. The van der Waals surface area contributed by atoms with E-state index in [1.54, 1.807) is 24.3 Å². The summed E-state index contributed by atoms with van der Waals surface area (Å²) in [6, 6.07) is 29.9. The van der Waals surface area contributed by atoms with Gasteiger partial charge in [-0.3, -0.25) is 13.9 Å². The molecule has 0 fully saturated rings. The topological polar surface area (TPSA) is 86.8 Å². The van der Waals surface area contributed by atoms with Crippen molar-refractivity contribution in [1.82, 2.24) is 10.2 Å². The highest BCUT2D eigenvalue weighted by molar-refractivity contribution is 7.92. The van der Waals surface area contributed by atoms with E-state index >= 15 is 0 Å². The fourth-order valence-corrected chi connectivity index (χ4v) is 6.43. The van der Waals surface area contributed by atoms with Crippen molar-refractivity contribution in [2.45, 2.75) is 44.7 Å². The van der Waals surface area contributed by atoms with Crippen LogP contribution in [0.4, 0.5) is 5.69 Å². The molecular formula is C34H37N3O4S. The predicted molar refractivity (Wildman–Crippen MR) is 167 cm³/mol. The summed E-state index contributed by atoms with van der Waals surface area (Å²) in [5.74, 6) is -0.817. The fraction of sp³-hybridized carbons (Fsp3) is 0.235. The molecular weight excluding hydrogens is 546 g/mol. The van der Waals surface area contributed by atoms with E-state index in [0.29, 0.717) is 5.69 Å². The summed E-state index contributed by atoms with van der Waals surface area (Å²) < 4.78 is 29.3. The average Bonchev–Trinajstić information content (AvgIpc) is 2.99. The highest BCUT2D eigenvalue weighted by Crippen LogP contribution is 2.28. The number of likely N-dealkylation sites (N-methyl/N-ethyl adjacent to an activating group) is 1. The van der Waals surface area contributed by atoms with Gasteiger partial charge in [-0.15, -0.1) is 0 Å². The molecule has 42 heavy (non-hydrogen) atoms. The standard InChI is InChI=1S/C34H37N3O4S/c1-25-15-18-29(19-16-25)23-36(32(34(39)35-4)22-28-11-7-5-8-12-28)33(38)24-37(31-20-17-26(2)21-27(31)3)42(40,41)30-13-9-6-10-14-30/h5-21,32H,22-24H2,1-4H3,(H,35,39). The summed E-state index contributed by atoms with van der Waals surface area (Å²) in [4.78, 5) is 29.3. The Bertz CT molecular complexity index is 1620. The van der Waals surface area contributed by atoms with Crippen LogP contribution >= 0.6 is 0 Å². The van der Waals surface area contributed by atoms with Gasteiger partial charge in [0.25, 0.3) is 10.0 Å². The van der Waals surface area contributed by atoms with Crippen LogP contribution in [0.3, 0.4) is 0 Å². The lowest BCUT2D eigenvalue weighted by Crippen LogP contribution is -2.53. The first-order valence-corrected chi connectivity index (χ1v) is 15.3. The van der Waals surface area contributed by atoms with Gasteiger partial charge in [0, 0.05) is 20.0 Å². The van der Waals surface area contributed by atoms with Crippen LogP contribution in [0.25, 0.3) is 0 Å². The van der Waals surface area contributed by atoms with E-state index in [-0.39, 0.29) is 23.8 Å². The first-order valence-electron chi connectivity index (χ1n) is 13.9. The maximum Gasteiger partial charge on any atom is 0.264 e. The number of benzene rings is 4. The van der Waals surface area contributed by atoms with Crippen molar-refractivity contribution in [3.63, 3.8) is 0 Å². The summed E-state index contributed by atoms with van der Waals surface area (Å²) >= 11 is 0. The van der Waals surface area contributed by atoms with Crippen LogP contribution in [-0.2, 0) is 32.6 Å². The van der Waals surface area contributed by atoms with Crippen LogP contribution in [0.5, 0.6) is 0 Å². The minimum absolute atomic E-state index is 0.0787. The zero-order chi connectivity index (χ0) is 30.3. The van der Waals surface area contributed by atoms with Crippen LogP contribution in [0.15, 0.2) is 108 Å². The number of rotatable bonds is 11. The second-order valence-electron chi connectivity index (χ2n) is 10.4. The van der Waals surface area contributed by atoms with Crippen molar-refractivity contribution in [3.05, 3.63) is 131 Å². The second kappa shape index (κ2) is 13.5. The third-order valence-electron chi connectivity index (χ3n) is 7.22. The molecule has 0 heterocycles. The van der Waals surface area contributed by atoms with E-state index in [1.165, 1.54) is 24.1 Å². The number of hydrogen-bond donors (Lipinski definition) is 1. The smallest absolute Gasteiger partial charge is 0.264 e. The van der Waals surface area contributed by atoms with Gasteiger partial charge in [0.2, 0.25) is 11.8 Å². The van der Waals surface area contributed by atoms with Crippen molar-refractivity contribution in [2.75, 3.05) is 17.9 Å². The molecule has 4 aromatic rings. The van der Waals surface area contributed by atoms with Crippen molar-refractivity contribution < 1.29 is 18.0 Å². The molecule has 1 unspecified atom stereocenters. The van der Waals surface area contributed by atoms with Gasteiger partial charge >= 0.3 is 0 Å². The Morgan fingerprint density at radius 3 is 1.95 bits per heavy atom. The molecule has 0 aromatic heterocycles. The molecule has 0 bridgehead atoms. The van der Waals surface area contributed by atoms with Gasteiger partial charge in [0.05, 0.1) is 10.6 Å². The zero-order valence-electron chi connectivity index (χ0n) is 24.4. The number of sulfonamides is 1. The summed E-state index contributed by atoms with van der Waals surface area (Å²) in [6.07, 6.45) is 0.271. The lowest BCUT2D eigenvalue weighted by Gasteiger charge is -2.34. The van der Waals surface area contributed by atoms with Crippen molar-refractivity contribution in [2.24, 2.45) is 0 Å². The van der Waals surface area contributed by atoms with Crippen molar-refractivity contribution in [3.8, 4) is 0 Å². The molecule has 0 saturated heterocycles. The molecule has 0 aliphatic carbocycles. The Balaban J connectivity index is 1.80. The SMILES string of the molecule is CNC(=O)C(Cc1ccccc1)N(Cc1ccc(C)cc1)C(=O)CN(c1ccc(C)cc1C)S(=O)(=O)c1ccccc1. The molecule has 8 heteroatoms. The molecule has 4 rings (SSSR count). The molecule has 0 saturated carbocycles. The first kappa shape index (κ1) is 30.5. The number of amides is 2. The molecule has 4 aromatic carbocycles. The second-order valence-corrected chi connectivity index (χ2v) is 12.3. The summed E-state index contributed by atoms with van der Waals surface area (Å²) in [5, 5.41) is 2.71. The number of aryl methyl sites for hydroxylation is 3. The highest BCUT2D eigenvalue weighted by Gasteiger charge is 2.34. The quantitative estimate of drug-likeness (QED) is 0.263. The lowest BCUT2D eigenvalue weighted by molar-refractivity contribution is -0.139. The largest absolute Gasteiger partial charge is 0.357 e. The van der Waals surface area contributed by atoms with Crippen molar-refractivity contribution in [1.29, 1.82) is 0 Å². The number of anilines is 1. The monoisotopic (exact) mass is 583 g/mol. The van der Waals surface area contributed by atoms with E-state index in [4.69, 9.17) is 0 Å². The summed E-state index contributed by atoms with van der Waals surface area (Å²) in [7, 11) is -2.58. The number of hydrogen-bond acceptors (Lipinski definition) is 4. The maximum absolute atomic E-state index is 14.3. The Labute approximate surface area is 248 Å². The molecule has 0 aliphatic rings. The molecule has 0 aliphatic heterocycles. The van der Waals surface area contributed by atoms with E-state index in [1.807, 2.05) is 87.5 Å². The maximum atomic E-state index is 14.3. The molecule has 1 atom stereocenters. The number of carbonyl (C=O) groups is 2. The molecule has 2 amide bonds. The van der Waals surface area contributed by atoms with Gasteiger partial charge in [-0.2, -0.15) is 0 Å². The predicted octanol–water partition coefficient (Wildman–Crippen LogP) is 5.19. The molecule has 1 N–H and O–H groups in total. The van der Waals surface area contributed by atoms with Gasteiger partial charge in [-0.25, -0.2) is 8.42 Å². The Morgan fingerprint density at radius 2 is 1.36 bits per heavy atom. The van der Waals surface area contributed by atoms with Gasteiger partial charge < -0.3 is 10.2 Å². The fourth-order valence-electron chi connectivity index (χ4n) is 4.93. The van der Waals surface area contributed by atoms with E-state index in [2.05, 4.69) is 5.32 Å². The van der Waals surface area contributed by atoms with Gasteiger partial charge in [-0.1, -0.05) is 96.1 Å². The average molecular weight is 584 g/mol. The van der Waals surface area contributed by atoms with Crippen molar-refractivity contribution >= 4 is 27.5 Å². The van der Waals surface area contributed by atoms with Crippen LogP contribution in [0, 0.1) is 20.8 Å². The van der Waals surface area contributed by atoms with Crippen LogP contribution < -0.4 is 9.62 Å². The Hall–Kier alpha value is -4.43. The van der Waals surface area contributed by atoms with E-state index in [0.717, 1.165) is 32.1 Å².